The van der Waals surface area contributed by atoms with E-state index in [1.54, 1.807) is 67.6 Å². The molecule has 0 bridgehead atoms. The van der Waals surface area contributed by atoms with Gasteiger partial charge in [0.15, 0.2) is 0 Å². The Bertz CT molecular complexity index is 1370. The zero-order valence-electron chi connectivity index (χ0n) is 17.7. The highest BCUT2D eigenvalue weighted by atomic mass is 32.2. The summed E-state index contributed by atoms with van der Waals surface area (Å²) in [4.78, 5) is 13.1. The number of aliphatic hydroxyl groups is 1. The molecule has 7 heteroatoms. The van der Waals surface area contributed by atoms with Crippen molar-refractivity contribution < 1.29 is 23.1 Å². The Hall–Kier alpha value is -3.42. The molecule has 3 aromatic carbocycles. The number of fused-ring (bicyclic) bond motifs is 1. The van der Waals surface area contributed by atoms with Gasteiger partial charge >= 0.3 is 5.97 Å². The molecule has 0 radical (unpaired) electrons. The summed E-state index contributed by atoms with van der Waals surface area (Å²) < 4.78 is 33.7. The highest BCUT2D eigenvalue weighted by Crippen LogP contribution is 2.37. The van der Waals surface area contributed by atoms with Crippen molar-refractivity contribution in [2.75, 3.05) is 6.61 Å². The minimum atomic E-state index is -4.17. The lowest BCUT2D eigenvalue weighted by molar-refractivity contribution is 0.0513. The van der Waals surface area contributed by atoms with E-state index < -0.39 is 22.1 Å². The van der Waals surface area contributed by atoms with Gasteiger partial charge in [0, 0.05) is 10.9 Å². The number of nitrogens with zero attached hydrogens (tertiary/aromatic N) is 1. The molecule has 0 aliphatic rings. The van der Waals surface area contributed by atoms with E-state index >= 15 is 0 Å². The summed E-state index contributed by atoms with van der Waals surface area (Å²) in [5, 5.41) is 11.7. The Morgan fingerprint density at radius 1 is 0.969 bits per heavy atom. The first kappa shape index (κ1) is 21.8. The molecular formula is C25H23NO5S. The first-order valence-electron chi connectivity index (χ1n) is 10.2. The van der Waals surface area contributed by atoms with Gasteiger partial charge in [-0.1, -0.05) is 66.2 Å². The Morgan fingerprint density at radius 2 is 1.59 bits per heavy atom. The van der Waals surface area contributed by atoms with Crippen LogP contribution in [-0.2, 0) is 14.8 Å². The number of ether oxygens (including phenoxy) is 1. The lowest BCUT2D eigenvalue weighted by Crippen LogP contribution is -2.21. The maximum absolute atomic E-state index is 13.7. The molecule has 4 rings (SSSR count). The van der Waals surface area contributed by atoms with Crippen LogP contribution in [0.15, 0.2) is 83.8 Å². The SMILES string of the molecule is CCOC(=O)c1c(C(O)c2ccccc2)c2ccccc2n1S(=O)(=O)c1ccc(C)cc1. The van der Waals surface area contributed by atoms with Crippen LogP contribution in [0.5, 0.6) is 0 Å². The van der Waals surface area contributed by atoms with Crippen LogP contribution in [0.2, 0.25) is 0 Å². The van der Waals surface area contributed by atoms with Crippen molar-refractivity contribution in [2.24, 2.45) is 0 Å². The topological polar surface area (TPSA) is 85.6 Å². The smallest absolute Gasteiger partial charge is 0.356 e. The van der Waals surface area contributed by atoms with Gasteiger partial charge in [0.1, 0.15) is 11.8 Å². The van der Waals surface area contributed by atoms with E-state index in [1.807, 2.05) is 13.0 Å². The second-order valence-corrected chi connectivity index (χ2v) is 9.18. The number of carbonyl (C=O) groups is 1. The average Bonchev–Trinajstić information content (AvgIpc) is 3.16. The number of hydrogen-bond acceptors (Lipinski definition) is 5. The fourth-order valence-corrected chi connectivity index (χ4v) is 5.29. The Kier molecular flexibility index (Phi) is 5.86. The minimum Gasteiger partial charge on any atom is -0.461 e. The van der Waals surface area contributed by atoms with Crippen molar-refractivity contribution in [1.82, 2.24) is 3.97 Å². The highest BCUT2D eigenvalue weighted by molar-refractivity contribution is 7.90. The molecule has 0 spiro atoms. The summed E-state index contributed by atoms with van der Waals surface area (Å²) >= 11 is 0. The van der Waals surface area contributed by atoms with Gasteiger partial charge in [-0.2, -0.15) is 0 Å². The van der Waals surface area contributed by atoms with Gasteiger partial charge in [0.05, 0.1) is 17.0 Å². The van der Waals surface area contributed by atoms with E-state index in [9.17, 15) is 18.3 Å². The quantitative estimate of drug-likeness (QED) is 0.440. The van der Waals surface area contributed by atoms with Crippen LogP contribution in [-0.4, -0.2) is 30.1 Å². The summed E-state index contributed by atoms with van der Waals surface area (Å²) in [6.07, 6.45) is -1.23. The van der Waals surface area contributed by atoms with Crippen molar-refractivity contribution in [3.8, 4) is 0 Å². The van der Waals surface area contributed by atoms with Crippen LogP contribution in [0.1, 0.15) is 40.2 Å². The first-order chi connectivity index (χ1) is 15.4. The Balaban J connectivity index is 2.08. The van der Waals surface area contributed by atoms with E-state index in [0.29, 0.717) is 16.5 Å². The molecule has 1 unspecified atom stereocenters. The molecule has 1 aromatic heterocycles. The number of aryl methyl sites for hydroxylation is 1. The molecule has 1 heterocycles. The number of carbonyl (C=O) groups excluding carboxylic acids is 1. The fourth-order valence-electron chi connectivity index (χ4n) is 3.77. The van der Waals surface area contributed by atoms with Crippen LogP contribution >= 0.6 is 0 Å². The molecule has 0 saturated heterocycles. The number of para-hydroxylation sites is 1. The van der Waals surface area contributed by atoms with Crippen LogP contribution < -0.4 is 0 Å². The summed E-state index contributed by atoms with van der Waals surface area (Å²) in [5.41, 5.74) is 1.73. The number of aromatic nitrogens is 1. The van der Waals surface area contributed by atoms with Gasteiger partial charge in [0.2, 0.25) is 0 Å². The van der Waals surface area contributed by atoms with Gasteiger partial charge < -0.3 is 9.84 Å². The summed E-state index contributed by atoms with van der Waals surface area (Å²) in [5.74, 6) is -0.815. The lowest BCUT2D eigenvalue weighted by atomic mass is 9.98. The molecule has 0 aliphatic carbocycles. The number of benzene rings is 3. The maximum Gasteiger partial charge on any atom is 0.356 e. The largest absolute Gasteiger partial charge is 0.461 e. The van der Waals surface area contributed by atoms with Gasteiger partial charge in [-0.3, -0.25) is 0 Å². The molecule has 32 heavy (non-hydrogen) atoms. The minimum absolute atomic E-state index is 0.0372. The molecule has 6 nitrogen and oxygen atoms in total. The first-order valence-corrected chi connectivity index (χ1v) is 11.7. The van der Waals surface area contributed by atoms with E-state index in [-0.39, 0.29) is 22.8 Å². The van der Waals surface area contributed by atoms with Gasteiger partial charge in [0.25, 0.3) is 10.0 Å². The molecular weight excluding hydrogens is 426 g/mol. The van der Waals surface area contributed by atoms with E-state index in [2.05, 4.69) is 0 Å². The normalized spacial score (nSPS) is 12.6. The Morgan fingerprint density at radius 3 is 2.25 bits per heavy atom. The third-order valence-corrected chi connectivity index (χ3v) is 7.02. The zero-order chi connectivity index (χ0) is 22.9. The van der Waals surface area contributed by atoms with Crippen LogP contribution in [0, 0.1) is 6.92 Å². The zero-order valence-corrected chi connectivity index (χ0v) is 18.5. The predicted octanol–water partition coefficient (Wildman–Crippen LogP) is 4.45. The fraction of sp³-hybridized carbons (Fsp3) is 0.160. The number of hydrogen-bond donors (Lipinski definition) is 1. The van der Waals surface area contributed by atoms with E-state index in [0.717, 1.165) is 9.54 Å². The van der Waals surface area contributed by atoms with Crippen LogP contribution in [0.3, 0.4) is 0 Å². The van der Waals surface area contributed by atoms with Gasteiger partial charge in [-0.15, -0.1) is 0 Å². The molecule has 164 valence electrons. The van der Waals surface area contributed by atoms with Gasteiger partial charge in [-0.25, -0.2) is 17.2 Å². The van der Waals surface area contributed by atoms with Gasteiger partial charge in [-0.05, 0) is 37.6 Å². The number of esters is 1. The third-order valence-electron chi connectivity index (χ3n) is 5.29. The molecule has 4 aromatic rings. The monoisotopic (exact) mass is 449 g/mol. The molecule has 0 fully saturated rings. The second kappa shape index (κ2) is 8.61. The molecule has 0 amide bonds. The molecule has 1 N–H and O–H groups in total. The van der Waals surface area contributed by atoms with Crippen LogP contribution in [0.4, 0.5) is 0 Å². The number of aliphatic hydroxyl groups excluding tert-OH is 1. The molecule has 0 saturated carbocycles. The van der Waals surface area contributed by atoms with Crippen molar-refractivity contribution >= 4 is 26.9 Å². The summed E-state index contributed by atoms with van der Waals surface area (Å²) in [6, 6.07) is 21.9. The summed E-state index contributed by atoms with van der Waals surface area (Å²) in [6.45, 7) is 3.57. The second-order valence-electron chi connectivity index (χ2n) is 7.40. The van der Waals surface area contributed by atoms with E-state index in [4.69, 9.17) is 4.74 Å². The summed E-state index contributed by atoms with van der Waals surface area (Å²) in [7, 11) is -4.17. The molecule has 1 atom stereocenters. The Labute approximate surface area is 186 Å². The standard InChI is InChI=1S/C25H23NO5S/c1-3-31-25(28)23-22(24(27)18-9-5-4-6-10-18)20-11-7-8-12-21(20)26(23)32(29,30)19-15-13-17(2)14-16-19/h4-16,24,27H,3H2,1-2H3. The van der Waals surface area contributed by atoms with Crippen molar-refractivity contribution in [1.29, 1.82) is 0 Å². The maximum atomic E-state index is 13.7. The van der Waals surface area contributed by atoms with Crippen molar-refractivity contribution in [3.63, 3.8) is 0 Å². The lowest BCUT2D eigenvalue weighted by Gasteiger charge is -2.15. The highest BCUT2D eigenvalue weighted by Gasteiger charge is 2.34. The third kappa shape index (κ3) is 3.70. The number of rotatable bonds is 6. The van der Waals surface area contributed by atoms with Crippen molar-refractivity contribution in [2.45, 2.75) is 24.8 Å². The predicted molar refractivity (Wildman–Crippen MR) is 122 cm³/mol. The van der Waals surface area contributed by atoms with E-state index in [1.165, 1.54) is 12.1 Å². The molecule has 0 aliphatic heterocycles. The van der Waals surface area contributed by atoms with Crippen molar-refractivity contribution in [3.05, 3.63) is 101 Å². The average molecular weight is 450 g/mol. The van der Waals surface area contributed by atoms with Crippen LogP contribution in [0.25, 0.3) is 10.9 Å².